The van der Waals surface area contributed by atoms with Gasteiger partial charge in [-0.1, -0.05) is 54.6 Å². The van der Waals surface area contributed by atoms with E-state index >= 15 is 0 Å². The lowest BCUT2D eigenvalue weighted by atomic mass is 9.48. The van der Waals surface area contributed by atoms with Crippen molar-refractivity contribution in [3.63, 3.8) is 0 Å². The van der Waals surface area contributed by atoms with Gasteiger partial charge in [-0.15, -0.1) is 0 Å². The first-order chi connectivity index (χ1) is 17.7. The van der Waals surface area contributed by atoms with Gasteiger partial charge in [-0.2, -0.15) is 5.26 Å². The summed E-state index contributed by atoms with van der Waals surface area (Å²) in [4.78, 5) is 9.89. The lowest BCUT2D eigenvalue weighted by molar-refractivity contribution is -0.00518. The normalized spacial score (nSPS) is 26.0. The van der Waals surface area contributed by atoms with Crippen molar-refractivity contribution in [1.29, 1.82) is 5.26 Å². The van der Waals surface area contributed by atoms with Crippen LogP contribution >= 0.6 is 0 Å². The van der Waals surface area contributed by atoms with Gasteiger partial charge in [0.1, 0.15) is 0 Å². The lowest BCUT2D eigenvalue weighted by Gasteiger charge is -2.57. The summed E-state index contributed by atoms with van der Waals surface area (Å²) in [7, 11) is 0. The second-order valence-corrected chi connectivity index (χ2v) is 11.3. The molecule has 176 valence electrons. The van der Waals surface area contributed by atoms with Crippen molar-refractivity contribution < 1.29 is 0 Å². The molecule has 0 atom stereocenters. The van der Waals surface area contributed by atoms with E-state index in [-0.39, 0.29) is 0 Å². The minimum atomic E-state index is 0.405. The molecule has 1 aromatic heterocycles. The third-order valence-electron chi connectivity index (χ3n) is 8.90. The first-order valence-corrected chi connectivity index (χ1v) is 13.2. The summed E-state index contributed by atoms with van der Waals surface area (Å²) in [6.45, 7) is 0. The zero-order valence-corrected chi connectivity index (χ0v) is 20.4. The SMILES string of the molecule is N#Cc1ccc(-c2nc(-c3ccccc3)cc(-c3ccc(C45C[C@H]6C[C@@H](C4)C[C@@H](C5)C6)cc3)n2)cc1. The third kappa shape index (κ3) is 3.73. The number of aromatic nitrogens is 2. The summed E-state index contributed by atoms with van der Waals surface area (Å²) < 4.78 is 0. The Labute approximate surface area is 212 Å². The molecule has 1 heterocycles. The Morgan fingerprint density at radius 2 is 1.17 bits per heavy atom. The Morgan fingerprint density at radius 1 is 0.639 bits per heavy atom. The van der Waals surface area contributed by atoms with Crippen molar-refractivity contribution in [3.05, 3.63) is 96.1 Å². The van der Waals surface area contributed by atoms with Crippen LogP contribution in [0.25, 0.3) is 33.9 Å². The van der Waals surface area contributed by atoms with Gasteiger partial charge >= 0.3 is 0 Å². The second-order valence-electron chi connectivity index (χ2n) is 11.3. The molecule has 4 fully saturated rings. The van der Waals surface area contributed by atoms with Crippen LogP contribution in [0.5, 0.6) is 0 Å². The van der Waals surface area contributed by atoms with E-state index in [0.29, 0.717) is 16.8 Å². The molecule has 8 rings (SSSR count). The maximum absolute atomic E-state index is 9.19. The fraction of sp³-hybridized carbons (Fsp3) is 0.303. The maximum Gasteiger partial charge on any atom is 0.160 e. The molecule has 3 nitrogen and oxygen atoms in total. The highest BCUT2D eigenvalue weighted by atomic mass is 14.9. The Bertz CT molecular complexity index is 1410. The molecule has 4 aliphatic rings. The molecular weight excluding hydrogens is 438 g/mol. The van der Waals surface area contributed by atoms with Gasteiger partial charge in [0.2, 0.25) is 0 Å². The monoisotopic (exact) mass is 467 g/mol. The molecule has 4 saturated carbocycles. The fourth-order valence-corrected chi connectivity index (χ4v) is 7.63. The predicted molar refractivity (Wildman–Crippen MR) is 143 cm³/mol. The van der Waals surface area contributed by atoms with Gasteiger partial charge in [-0.3, -0.25) is 0 Å². The summed E-state index contributed by atoms with van der Waals surface area (Å²) in [6.07, 6.45) is 8.56. The van der Waals surface area contributed by atoms with E-state index in [1.165, 1.54) is 44.1 Å². The molecule has 0 radical (unpaired) electrons. The van der Waals surface area contributed by atoms with Crippen LogP contribution in [0.2, 0.25) is 0 Å². The molecule has 0 N–H and O–H groups in total. The molecule has 4 aromatic rings. The summed E-state index contributed by atoms with van der Waals surface area (Å²) in [6, 6.07) is 31.4. The van der Waals surface area contributed by atoms with Crippen LogP contribution in [-0.4, -0.2) is 9.97 Å². The van der Waals surface area contributed by atoms with E-state index < -0.39 is 0 Å². The Balaban J connectivity index is 1.28. The molecule has 3 heteroatoms. The number of hydrogen-bond donors (Lipinski definition) is 0. The van der Waals surface area contributed by atoms with E-state index in [1.54, 1.807) is 0 Å². The van der Waals surface area contributed by atoms with Crippen molar-refractivity contribution in [2.45, 2.75) is 43.9 Å². The molecule has 36 heavy (non-hydrogen) atoms. The standard InChI is InChI=1S/C33H29N3/c34-21-22-6-8-28(9-7-22)32-35-30(26-4-2-1-3-5-26)17-31(36-32)27-10-12-29(13-11-27)33-18-23-14-24(19-33)16-25(15-23)20-33/h1-13,17,23-25H,14-16,18-20H2/t23-,24+,25-,33?. The quantitative estimate of drug-likeness (QED) is 0.307. The van der Waals surface area contributed by atoms with Crippen LogP contribution in [0.4, 0.5) is 0 Å². The van der Waals surface area contributed by atoms with Crippen LogP contribution in [0.1, 0.15) is 49.7 Å². The molecule has 0 amide bonds. The highest BCUT2D eigenvalue weighted by Crippen LogP contribution is 2.60. The molecule has 3 aromatic carbocycles. The fourth-order valence-electron chi connectivity index (χ4n) is 7.63. The molecule has 0 unspecified atom stereocenters. The zero-order chi connectivity index (χ0) is 24.1. The summed E-state index contributed by atoms with van der Waals surface area (Å²) in [5.41, 5.74) is 7.53. The minimum Gasteiger partial charge on any atom is -0.228 e. The van der Waals surface area contributed by atoms with E-state index in [0.717, 1.165) is 45.8 Å². The first kappa shape index (κ1) is 21.5. The van der Waals surface area contributed by atoms with Gasteiger partial charge in [0, 0.05) is 16.7 Å². The first-order valence-electron chi connectivity index (χ1n) is 13.2. The number of benzene rings is 3. The van der Waals surface area contributed by atoms with Crippen molar-refractivity contribution in [2.75, 3.05) is 0 Å². The van der Waals surface area contributed by atoms with Gasteiger partial charge in [-0.25, -0.2) is 9.97 Å². The Hall–Kier alpha value is -3.77. The van der Waals surface area contributed by atoms with Gasteiger partial charge in [0.25, 0.3) is 0 Å². The highest BCUT2D eigenvalue weighted by molar-refractivity contribution is 5.72. The number of nitrogens with zero attached hydrogens (tertiary/aromatic N) is 3. The van der Waals surface area contributed by atoms with Crippen molar-refractivity contribution >= 4 is 0 Å². The average molecular weight is 468 g/mol. The second kappa shape index (κ2) is 8.42. The Morgan fingerprint density at radius 3 is 1.72 bits per heavy atom. The van der Waals surface area contributed by atoms with Crippen LogP contribution in [0, 0.1) is 29.1 Å². The smallest absolute Gasteiger partial charge is 0.160 e. The van der Waals surface area contributed by atoms with E-state index in [4.69, 9.17) is 9.97 Å². The number of rotatable bonds is 4. The largest absolute Gasteiger partial charge is 0.228 e. The van der Waals surface area contributed by atoms with Crippen LogP contribution in [-0.2, 0) is 5.41 Å². The van der Waals surface area contributed by atoms with Crippen molar-refractivity contribution in [1.82, 2.24) is 9.97 Å². The minimum absolute atomic E-state index is 0.405. The highest BCUT2D eigenvalue weighted by Gasteiger charge is 2.51. The summed E-state index contributed by atoms with van der Waals surface area (Å²) in [5.74, 6) is 3.52. The van der Waals surface area contributed by atoms with Gasteiger partial charge in [0.05, 0.1) is 23.0 Å². The molecule has 0 spiro atoms. The predicted octanol–water partition coefficient (Wildman–Crippen LogP) is 7.82. The van der Waals surface area contributed by atoms with Gasteiger partial charge in [0.15, 0.2) is 5.82 Å². The molecule has 0 aliphatic heterocycles. The lowest BCUT2D eigenvalue weighted by Crippen LogP contribution is -2.48. The summed E-state index contributed by atoms with van der Waals surface area (Å²) >= 11 is 0. The van der Waals surface area contributed by atoms with E-state index in [1.807, 2.05) is 42.5 Å². The van der Waals surface area contributed by atoms with Gasteiger partial charge in [-0.05, 0) is 97.6 Å². The third-order valence-corrected chi connectivity index (χ3v) is 8.90. The average Bonchev–Trinajstić information content (AvgIpc) is 2.93. The number of hydrogen-bond acceptors (Lipinski definition) is 3. The van der Waals surface area contributed by atoms with E-state index in [9.17, 15) is 5.26 Å². The topological polar surface area (TPSA) is 49.6 Å². The molecule has 0 saturated heterocycles. The Kier molecular flexibility index (Phi) is 5.03. The van der Waals surface area contributed by atoms with E-state index in [2.05, 4.69) is 48.5 Å². The van der Waals surface area contributed by atoms with Crippen LogP contribution < -0.4 is 0 Å². The van der Waals surface area contributed by atoms with Crippen LogP contribution in [0.15, 0.2) is 84.9 Å². The summed E-state index contributed by atoms with van der Waals surface area (Å²) in [5, 5.41) is 9.19. The molecule has 4 bridgehead atoms. The van der Waals surface area contributed by atoms with Crippen molar-refractivity contribution in [3.8, 4) is 40.0 Å². The van der Waals surface area contributed by atoms with Crippen LogP contribution in [0.3, 0.4) is 0 Å². The van der Waals surface area contributed by atoms with Gasteiger partial charge < -0.3 is 0 Å². The number of nitriles is 1. The molecular formula is C33H29N3. The van der Waals surface area contributed by atoms with Crippen molar-refractivity contribution in [2.24, 2.45) is 17.8 Å². The maximum atomic E-state index is 9.19. The molecule has 4 aliphatic carbocycles. The zero-order valence-electron chi connectivity index (χ0n) is 20.4.